The van der Waals surface area contributed by atoms with E-state index >= 15 is 0 Å². The lowest BCUT2D eigenvalue weighted by Gasteiger charge is -1.96. The van der Waals surface area contributed by atoms with Crippen LogP contribution in [0.5, 0.6) is 0 Å². The largest absolute Gasteiger partial charge is 0.298 e. The number of carbonyl (C=O) groups is 2. The predicted molar refractivity (Wildman–Crippen MR) is 72.6 cm³/mol. The highest BCUT2D eigenvalue weighted by Gasteiger charge is 1.91. The van der Waals surface area contributed by atoms with Crippen LogP contribution in [0.25, 0.3) is 12.2 Å². The molecule has 0 atom stereocenters. The number of aldehydes is 2. The standard InChI is InChI=1S/C16H12O2/c17-11-15-7-3-13(4-8-15)1-2-14-5-9-16(12-18)10-6-14/h1-12H/b2-1+. The molecular weight excluding hydrogens is 224 g/mol. The third-order valence-corrected chi connectivity index (χ3v) is 2.61. The van der Waals surface area contributed by atoms with Crippen molar-refractivity contribution in [2.45, 2.75) is 0 Å². The van der Waals surface area contributed by atoms with Gasteiger partial charge in [-0.05, 0) is 11.1 Å². The molecule has 88 valence electrons. The van der Waals surface area contributed by atoms with Gasteiger partial charge in [-0.3, -0.25) is 9.59 Å². The third-order valence-electron chi connectivity index (χ3n) is 2.61. The summed E-state index contributed by atoms with van der Waals surface area (Å²) in [6, 6.07) is 14.7. The van der Waals surface area contributed by atoms with Gasteiger partial charge in [-0.15, -0.1) is 0 Å². The first-order valence-corrected chi connectivity index (χ1v) is 5.60. The number of benzene rings is 2. The van der Waals surface area contributed by atoms with Gasteiger partial charge in [0.1, 0.15) is 12.6 Å². The van der Waals surface area contributed by atoms with Crippen LogP contribution >= 0.6 is 0 Å². The van der Waals surface area contributed by atoms with Crippen LogP contribution in [-0.4, -0.2) is 12.6 Å². The van der Waals surface area contributed by atoms with Crippen LogP contribution < -0.4 is 0 Å². The van der Waals surface area contributed by atoms with Crippen LogP contribution in [0.4, 0.5) is 0 Å². The molecule has 0 aliphatic carbocycles. The Morgan fingerprint density at radius 3 is 1.06 bits per heavy atom. The highest BCUT2D eigenvalue weighted by molar-refractivity contribution is 5.78. The highest BCUT2D eigenvalue weighted by atomic mass is 16.1. The van der Waals surface area contributed by atoms with Gasteiger partial charge in [0, 0.05) is 11.1 Å². The summed E-state index contributed by atoms with van der Waals surface area (Å²) in [6.07, 6.45) is 5.58. The molecule has 2 aromatic rings. The Morgan fingerprint density at radius 1 is 0.500 bits per heavy atom. The molecule has 0 fully saturated rings. The predicted octanol–water partition coefficient (Wildman–Crippen LogP) is 3.48. The Morgan fingerprint density at radius 2 is 0.778 bits per heavy atom. The van der Waals surface area contributed by atoms with E-state index in [1.165, 1.54) is 0 Å². The smallest absolute Gasteiger partial charge is 0.150 e. The minimum atomic E-state index is 0.669. The minimum absolute atomic E-state index is 0.669. The van der Waals surface area contributed by atoms with Crippen molar-refractivity contribution in [3.63, 3.8) is 0 Å². The van der Waals surface area contributed by atoms with Gasteiger partial charge < -0.3 is 0 Å². The van der Waals surface area contributed by atoms with Crippen molar-refractivity contribution in [3.05, 3.63) is 70.8 Å². The molecule has 2 heteroatoms. The maximum atomic E-state index is 10.5. The molecule has 0 N–H and O–H groups in total. The van der Waals surface area contributed by atoms with E-state index < -0.39 is 0 Å². The number of hydrogen-bond donors (Lipinski definition) is 0. The highest BCUT2D eigenvalue weighted by Crippen LogP contribution is 2.10. The Balaban J connectivity index is 2.13. The van der Waals surface area contributed by atoms with E-state index in [0.717, 1.165) is 23.7 Å². The Bertz CT molecular complexity index is 510. The van der Waals surface area contributed by atoms with Gasteiger partial charge in [-0.2, -0.15) is 0 Å². The second-order valence-electron chi connectivity index (χ2n) is 3.90. The SMILES string of the molecule is O=Cc1ccc(/C=C/c2ccc(C=O)cc2)cc1. The lowest BCUT2D eigenvalue weighted by Crippen LogP contribution is -1.80. The summed E-state index contributed by atoms with van der Waals surface area (Å²) in [5, 5.41) is 0. The van der Waals surface area contributed by atoms with Crippen LogP contribution in [0.3, 0.4) is 0 Å². The second-order valence-corrected chi connectivity index (χ2v) is 3.90. The summed E-state index contributed by atoms with van der Waals surface area (Å²) in [5.74, 6) is 0. The van der Waals surface area contributed by atoms with Crippen molar-refractivity contribution in [2.24, 2.45) is 0 Å². The van der Waals surface area contributed by atoms with Gasteiger partial charge in [0.2, 0.25) is 0 Å². The van der Waals surface area contributed by atoms with E-state index in [-0.39, 0.29) is 0 Å². The number of carbonyl (C=O) groups excluding carboxylic acids is 2. The van der Waals surface area contributed by atoms with E-state index in [9.17, 15) is 9.59 Å². The summed E-state index contributed by atoms with van der Waals surface area (Å²) >= 11 is 0. The molecule has 0 saturated heterocycles. The average molecular weight is 236 g/mol. The number of hydrogen-bond acceptors (Lipinski definition) is 2. The van der Waals surface area contributed by atoms with Gasteiger partial charge in [0.25, 0.3) is 0 Å². The molecule has 0 saturated carbocycles. The van der Waals surface area contributed by atoms with Crippen molar-refractivity contribution in [1.29, 1.82) is 0 Å². The van der Waals surface area contributed by atoms with Crippen molar-refractivity contribution in [1.82, 2.24) is 0 Å². The van der Waals surface area contributed by atoms with Crippen LogP contribution in [0.15, 0.2) is 48.5 Å². The molecule has 0 aliphatic heterocycles. The van der Waals surface area contributed by atoms with E-state index in [1.807, 2.05) is 36.4 Å². The summed E-state index contributed by atoms with van der Waals surface area (Å²) in [5.41, 5.74) is 3.39. The molecule has 0 amide bonds. The first kappa shape index (κ1) is 12.0. The molecule has 2 rings (SSSR count). The summed E-state index contributed by atoms with van der Waals surface area (Å²) in [4.78, 5) is 21.0. The van der Waals surface area contributed by atoms with E-state index in [0.29, 0.717) is 11.1 Å². The molecule has 0 aliphatic rings. The fraction of sp³-hybridized carbons (Fsp3) is 0. The molecule has 2 nitrogen and oxygen atoms in total. The molecule has 0 radical (unpaired) electrons. The van der Waals surface area contributed by atoms with Gasteiger partial charge in [0.05, 0.1) is 0 Å². The van der Waals surface area contributed by atoms with Crippen molar-refractivity contribution >= 4 is 24.7 Å². The third kappa shape index (κ3) is 3.01. The summed E-state index contributed by atoms with van der Waals surface area (Å²) < 4.78 is 0. The van der Waals surface area contributed by atoms with Gasteiger partial charge in [-0.25, -0.2) is 0 Å². The molecule has 0 bridgehead atoms. The maximum Gasteiger partial charge on any atom is 0.150 e. The molecule has 0 heterocycles. The first-order valence-electron chi connectivity index (χ1n) is 5.60. The lowest BCUT2D eigenvalue weighted by atomic mass is 10.1. The van der Waals surface area contributed by atoms with E-state index in [4.69, 9.17) is 0 Å². The first-order chi connectivity index (χ1) is 8.81. The lowest BCUT2D eigenvalue weighted by molar-refractivity contribution is 0.111. The fourth-order valence-corrected chi connectivity index (χ4v) is 1.56. The molecule has 0 aromatic heterocycles. The maximum absolute atomic E-state index is 10.5. The Hall–Kier alpha value is -2.48. The van der Waals surface area contributed by atoms with E-state index in [1.54, 1.807) is 24.3 Å². The van der Waals surface area contributed by atoms with Crippen molar-refractivity contribution in [3.8, 4) is 0 Å². The normalized spacial score (nSPS) is 10.4. The Labute approximate surface area is 106 Å². The van der Waals surface area contributed by atoms with Crippen molar-refractivity contribution < 1.29 is 9.59 Å². The van der Waals surface area contributed by atoms with Crippen molar-refractivity contribution in [2.75, 3.05) is 0 Å². The van der Waals surface area contributed by atoms with Crippen LogP contribution in [0.1, 0.15) is 31.8 Å². The van der Waals surface area contributed by atoms with Crippen LogP contribution in [0, 0.1) is 0 Å². The van der Waals surface area contributed by atoms with Gasteiger partial charge >= 0.3 is 0 Å². The fourth-order valence-electron chi connectivity index (χ4n) is 1.56. The summed E-state index contributed by atoms with van der Waals surface area (Å²) in [6.45, 7) is 0. The number of rotatable bonds is 4. The molecule has 18 heavy (non-hydrogen) atoms. The quantitative estimate of drug-likeness (QED) is 0.601. The molecule has 2 aromatic carbocycles. The van der Waals surface area contributed by atoms with Crippen LogP contribution in [0.2, 0.25) is 0 Å². The topological polar surface area (TPSA) is 34.1 Å². The zero-order valence-electron chi connectivity index (χ0n) is 9.74. The molecule has 0 spiro atoms. The van der Waals surface area contributed by atoms with Crippen LogP contribution in [-0.2, 0) is 0 Å². The van der Waals surface area contributed by atoms with E-state index in [2.05, 4.69) is 0 Å². The summed E-state index contributed by atoms with van der Waals surface area (Å²) in [7, 11) is 0. The zero-order chi connectivity index (χ0) is 12.8. The average Bonchev–Trinajstić information content (AvgIpc) is 2.46. The Kier molecular flexibility index (Phi) is 3.82. The molecule has 0 unspecified atom stereocenters. The van der Waals surface area contributed by atoms with Gasteiger partial charge in [0.15, 0.2) is 0 Å². The minimum Gasteiger partial charge on any atom is -0.298 e. The molecular formula is C16H12O2. The second kappa shape index (κ2) is 5.73. The zero-order valence-corrected chi connectivity index (χ0v) is 9.74. The monoisotopic (exact) mass is 236 g/mol. The van der Waals surface area contributed by atoms with Gasteiger partial charge in [-0.1, -0.05) is 60.7 Å².